The smallest absolute Gasteiger partial charge is 0.229 e. The first kappa shape index (κ1) is 53.8. The summed E-state index contributed by atoms with van der Waals surface area (Å²) in [6, 6.07) is 3.44. The average molecular weight is 963 g/mol. The molecule has 67 heavy (non-hydrogen) atoms. The van der Waals surface area contributed by atoms with E-state index in [9.17, 15) is 71.5 Å². The second-order valence-corrected chi connectivity index (χ2v) is 18.2. The lowest BCUT2D eigenvalue weighted by Crippen LogP contribution is -2.67. The molecule has 14 N–H and O–H groups in total. The average Bonchev–Trinajstić information content (AvgIpc) is 3.30. The van der Waals surface area contributed by atoms with Crippen LogP contribution in [-0.4, -0.2) is 221 Å². The highest BCUT2D eigenvalue weighted by Crippen LogP contribution is 2.49. The van der Waals surface area contributed by atoms with Crippen molar-refractivity contribution in [1.29, 1.82) is 0 Å². The van der Waals surface area contributed by atoms with Crippen molar-refractivity contribution in [2.45, 2.75) is 188 Å². The van der Waals surface area contributed by atoms with Crippen LogP contribution in [0.15, 0.2) is 35.9 Å². The van der Waals surface area contributed by atoms with Gasteiger partial charge < -0.3 is 109 Å². The maximum Gasteiger partial charge on any atom is 0.229 e. The first-order chi connectivity index (χ1) is 31.9. The summed E-state index contributed by atoms with van der Waals surface area (Å²) in [5, 5.41) is 150. The zero-order valence-electron chi connectivity index (χ0n) is 37.7. The molecular weight excluding hydrogens is 892 g/mol. The summed E-state index contributed by atoms with van der Waals surface area (Å²) in [7, 11) is 0. The van der Waals surface area contributed by atoms with E-state index in [1.165, 1.54) is 0 Å². The standard InChI is InChI=1S/C45H70O22/c1-5-6-7-8-20-12-23(60-42-36(56)34(54)30(50)25(14-46)62-42)29(22-11-19(4)9-10-21(22)18(2)3)24(13-20)61-44-38(58)40(32(52)27(16-48)64-44)67-45-39(59)41(33(53)28(17-49)65-45)66-43-37(57)35(55)31(51)26(15-47)63-43/h11-13,21-22,25-28,30-59H,2,5-10,14-17H2,1,3-4H3/t21-,22+,25+,26-,27-,28-,30+,31-,32-,33-,34-,35+,36+,37-,38-,39-,40+,41+,42+,43+,44-,45+/m0/s1. The van der Waals surface area contributed by atoms with Crippen molar-refractivity contribution >= 4 is 0 Å². The Labute approximate surface area is 387 Å². The summed E-state index contributed by atoms with van der Waals surface area (Å²) in [5.74, 6) is -0.555. The van der Waals surface area contributed by atoms with Gasteiger partial charge in [-0.2, -0.15) is 0 Å². The molecule has 4 fully saturated rings. The van der Waals surface area contributed by atoms with Gasteiger partial charge in [-0.3, -0.25) is 0 Å². The number of unbranched alkanes of at least 4 members (excludes halogenated alkanes) is 2. The van der Waals surface area contributed by atoms with Gasteiger partial charge in [-0.05, 0) is 63.1 Å². The van der Waals surface area contributed by atoms with Gasteiger partial charge in [0.15, 0.2) is 12.6 Å². The van der Waals surface area contributed by atoms with Gasteiger partial charge in [0.25, 0.3) is 0 Å². The third-order valence-corrected chi connectivity index (χ3v) is 13.4. The molecule has 6 rings (SSSR count). The van der Waals surface area contributed by atoms with E-state index in [4.69, 9.17) is 37.9 Å². The van der Waals surface area contributed by atoms with E-state index in [0.717, 1.165) is 36.8 Å². The number of benzene rings is 1. The number of hydrogen-bond donors (Lipinski definition) is 14. The lowest BCUT2D eigenvalue weighted by Gasteiger charge is -2.48. The highest BCUT2D eigenvalue weighted by molar-refractivity contribution is 5.53. The molecule has 0 unspecified atom stereocenters. The fourth-order valence-electron chi connectivity index (χ4n) is 9.35. The van der Waals surface area contributed by atoms with Crippen molar-refractivity contribution in [1.82, 2.24) is 0 Å². The molecule has 0 amide bonds. The van der Waals surface area contributed by atoms with Crippen molar-refractivity contribution in [2.24, 2.45) is 5.92 Å². The lowest BCUT2D eigenvalue weighted by atomic mass is 9.73. The van der Waals surface area contributed by atoms with E-state index >= 15 is 0 Å². The zero-order valence-corrected chi connectivity index (χ0v) is 37.7. The summed E-state index contributed by atoms with van der Waals surface area (Å²) >= 11 is 0. The van der Waals surface area contributed by atoms with Gasteiger partial charge in [-0.15, -0.1) is 0 Å². The number of aliphatic hydroxyl groups is 14. The van der Waals surface area contributed by atoms with E-state index in [1.807, 2.05) is 26.8 Å². The van der Waals surface area contributed by atoms with E-state index in [1.54, 1.807) is 12.1 Å². The molecule has 382 valence electrons. The van der Waals surface area contributed by atoms with Gasteiger partial charge in [-0.25, -0.2) is 0 Å². The number of rotatable bonds is 18. The quantitative estimate of drug-likeness (QED) is 0.0500. The monoisotopic (exact) mass is 962 g/mol. The number of allylic oxidation sites excluding steroid dienone is 3. The van der Waals surface area contributed by atoms with Gasteiger partial charge in [0.05, 0.1) is 26.4 Å². The van der Waals surface area contributed by atoms with Crippen LogP contribution in [0.1, 0.15) is 69.9 Å². The molecule has 0 aromatic heterocycles. The molecule has 22 heteroatoms. The Hall–Kier alpha value is -2.50. The topological polar surface area (TPSA) is 357 Å². The van der Waals surface area contributed by atoms with E-state index in [0.29, 0.717) is 24.0 Å². The fourth-order valence-corrected chi connectivity index (χ4v) is 9.35. The second-order valence-electron chi connectivity index (χ2n) is 18.2. The molecule has 0 saturated carbocycles. The number of aryl methyl sites for hydroxylation is 1. The van der Waals surface area contributed by atoms with Crippen molar-refractivity contribution < 1.29 is 109 Å². The van der Waals surface area contributed by atoms with Crippen LogP contribution in [0.4, 0.5) is 0 Å². The molecule has 4 aliphatic heterocycles. The molecule has 22 nitrogen and oxygen atoms in total. The molecule has 1 aromatic carbocycles. The Bertz CT molecular complexity index is 1780. The number of ether oxygens (including phenoxy) is 8. The van der Waals surface area contributed by atoms with E-state index in [2.05, 4.69) is 6.58 Å². The van der Waals surface area contributed by atoms with E-state index in [-0.39, 0.29) is 17.4 Å². The highest BCUT2D eigenvalue weighted by Gasteiger charge is 2.54. The third-order valence-electron chi connectivity index (χ3n) is 13.4. The summed E-state index contributed by atoms with van der Waals surface area (Å²) < 4.78 is 47.6. The lowest BCUT2D eigenvalue weighted by molar-refractivity contribution is -0.378. The largest absolute Gasteiger partial charge is 0.462 e. The van der Waals surface area contributed by atoms with Crippen LogP contribution in [0.2, 0.25) is 0 Å². The minimum atomic E-state index is -2.05. The van der Waals surface area contributed by atoms with Crippen molar-refractivity contribution in [2.75, 3.05) is 26.4 Å². The first-order valence-corrected chi connectivity index (χ1v) is 22.9. The maximum atomic E-state index is 12.0. The van der Waals surface area contributed by atoms with Crippen molar-refractivity contribution in [3.05, 3.63) is 47.1 Å². The van der Waals surface area contributed by atoms with Crippen molar-refractivity contribution in [3.63, 3.8) is 0 Å². The van der Waals surface area contributed by atoms with Crippen LogP contribution in [0.3, 0.4) is 0 Å². The zero-order chi connectivity index (χ0) is 49.0. The summed E-state index contributed by atoms with van der Waals surface area (Å²) in [6.07, 6.45) is -28.8. The third kappa shape index (κ3) is 11.7. The molecule has 22 atom stereocenters. The molecule has 1 aliphatic carbocycles. The van der Waals surface area contributed by atoms with Crippen LogP contribution in [0.5, 0.6) is 11.5 Å². The van der Waals surface area contributed by atoms with Crippen LogP contribution in [-0.2, 0) is 34.8 Å². The SMILES string of the molecule is C=C(C)[C@@H]1CCC(C)=C[C@H]1c1c(O[C@H]2O[C@@H](CO)[C@H](O)[C@@H](O[C@H]3O[C@@H](CO)[C@H](O)[C@@H](O[C@H]4O[C@@H](CO)[C@H](O)[C@@H](O)[C@@H]4O)[C@@H]3O)[C@@H]2O)cc(CCCCC)cc1O[C@@H]1O[C@H](CO)[C@@H](O)[C@H](O)[C@H]1O. The number of hydrogen-bond acceptors (Lipinski definition) is 22. The molecule has 0 radical (unpaired) electrons. The molecule has 4 saturated heterocycles. The highest BCUT2D eigenvalue weighted by atomic mass is 16.8. The van der Waals surface area contributed by atoms with Gasteiger partial charge >= 0.3 is 0 Å². The Morgan fingerprint density at radius 3 is 1.46 bits per heavy atom. The minimum absolute atomic E-state index is 0.0806. The maximum absolute atomic E-state index is 12.0. The molecule has 0 bridgehead atoms. The van der Waals surface area contributed by atoms with Crippen molar-refractivity contribution in [3.8, 4) is 11.5 Å². The molecular formula is C45H70O22. The Morgan fingerprint density at radius 1 is 0.582 bits per heavy atom. The van der Waals surface area contributed by atoms with Gasteiger partial charge in [0, 0.05) is 11.5 Å². The summed E-state index contributed by atoms with van der Waals surface area (Å²) in [5.41, 5.74) is 2.84. The Morgan fingerprint density at radius 2 is 1.00 bits per heavy atom. The molecule has 1 aromatic rings. The van der Waals surface area contributed by atoms with Gasteiger partial charge in [0.2, 0.25) is 12.6 Å². The van der Waals surface area contributed by atoms with Gasteiger partial charge in [-0.1, -0.05) is 43.6 Å². The molecule has 4 heterocycles. The van der Waals surface area contributed by atoms with Crippen LogP contribution < -0.4 is 9.47 Å². The minimum Gasteiger partial charge on any atom is -0.462 e. The fraction of sp³-hybridized carbons (Fsp3) is 0.778. The summed E-state index contributed by atoms with van der Waals surface area (Å²) in [4.78, 5) is 0. The Kier molecular flexibility index (Phi) is 19.0. The predicted octanol–water partition coefficient (Wildman–Crippen LogP) is -3.56. The normalized spacial score (nSPS) is 42.8. The molecule has 0 spiro atoms. The van der Waals surface area contributed by atoms with Crippen LogP contribution in [0.25, 0.3) is 0 Å². The molecule has 5 aliphatic rings. The van der Waals surface area contributed by atoms with E-state index < -0.39 is 155 Å². The van der Waals surface area contributed by atoms with Crippen LogP contribution in [0, 0.1) is 5.92 Å². The summed E-state index contributed by atoms with van der Waals surface area (Å²) in [6.45, 7) is 6.84. The van der Waals surface area contributed by atoms with Crippen LogP contribution >= 0.6 is 0 Å². The Balaban J connectivity index is 1.37. The number of aliphatic hydroxyl groups excluding tert-OH is 14. The first-order valence-electron chi connectivity index (χ1n) is 22.9. The predicted molar refractivity (Wildman–Crippen MR) is 228 cm³/mol. The second kappa shape index (κ2) is 23.6. The van der Waals surface area contributed by atoms with Gasteiger partial charge in [0.1, 0.15) is 109 Å².